The predicted octanol–water partition coefficient (Wildman–Crippen LogP) is 4.00. The van der Waals surface area contributed by atoms with Gasteiger partial charge in [-0.1, -0.05) is 54.6 Å². The van der Waals surface area contributed by atoms with Crippen LogP contribution in [-0.4, -0.2) is 24.4 Å². The minimum absolute atomic E-state index is 0.156. The number of phenolic OH excluding ortho intramolecular Hbond substituents is 1. The quantitative estimate of drug-likeness (QED) is 0.500. The number of hydrogen-bond donors (Lipinski definition) is 1. The standard InChI is InChI=1S/C24H18N4O2/c29-19-10-6-7-17(15-19)16-27-23(30)14-13-22(26-27)28-21-12-5-4-11-20(21)25-24(28)18-8-2-1-3-9-18/h1-15,29H,16H2. The van der Waals surface area contributed by atoms with E-state index in [1.54, 1.807) is 24.3 Å². The number of aromatic hydroxyl groups is 1. The minimum atomic E-state index is -0.215. The van der Waals surface area contributed by atoms with Crippen molar-refractivity contribution in [2.75, 3.05) is 0 Å². The van der Waals surface area contributed by atoms with Crippen LogP contribution in [0.25, 0.3) is 28.2 Å². The number of nitrogens with zero attached hydrogens (tertiary/aromatic N) is 4. The van der Waals surface area contributed by atoms with Crippen molar-refractivity contribution in [2.45, 2.75) is 6.54 Å². The number of hydrogen-bond acceptors (Lipinski definition) is 4. The molecule has 0 bridgehead atoms. The van der Waals surface area contributed by atoms with E-state index in [4.69, 9.17) is 4.98 Å². The summed E-state index contributed by atoms with van der Waals surface area (Å²) in [6.07, 6.45) is 0. The molecule has 0 aliphatic rings. The van der Waals surface area contributed by atoms with Gasteiger partial charge in [-0.2, -0.15) is 5.10 Å². The Morgan fingerprint density at radius 2 is 1.63 bits per heavy atom. The van der Waals surface area contributed by atoms with Gasteiger partial charge < -0.3 is 5.11 Å². The first-order valence-electron chi connectivity index (χ1n) is 9.58. The van der Waals surface area contributed by atoms with E-state index in [-0.39, 0.29) is 17.9 Å². The third kappa shape index (κ3) is 3.24. The van der Waals surface area contributed by atoms with Crippen LogP contribution in [0.1, 0.15) is 5.56 Å². The Bertz CT molecular complexity index is 1400. The lowest BCUT2D eigenvalue weighted by molar-refractivity contribution is 0.474. The van der Waals surface area contributed by atoms with Gasteiger partial charge in [0.1, 0.15) is 11.6 Å². The number of phenols is 1. The van der Waals surface area contributed by atoms with Crippen molar-refractivity contribution in [3.63, 3.8) is 0 Å². The van der Waals surface area contributed by atoms with Crippen molar-refractivity contribution in [3.8, 4) is 23.0 Å². The van der Waals surface area contributed by atoms with Crippen molar-refractivity contribution in [2.24, 2.45) is 0 Å². The highest BCUT2D eigenvalue weighted by Crippen LogP contribution is 2.27. The highest BCUT2D eigenvalue weighted by Gasteiger charge is 2.15. The molecule has 3 aromatic carbocycles. The van der Waals surface area contributed by atoms with Crippen molar-refractivity contribution in [1.82, 2.24) is 19.3 Å². The zero-order valence-corrected chi connectivity index (χ0v) is 16.0. The first kappa shape index (κ1) is 17.9. The molecule has 5 aromatic rings. The summed E-state index contributed by atoms with van der Waals surface area (Å²) >= 11 is 0. The molecule has 0 amide bonds. The van der Waals surface area contributed by atoms with Gasteiger partial charge in [-0.15, -0.1) is 0 Å². The molecule has 2 aromatic heterocycles. The Kier molecular flexibility index (Phi) is 4.37. The lowest BCUT2D eigenvalue weighted by Gasteiger charge is -2.11. The molecular formula is C24H18N4O2. The molecule has 30 heavy (non-hydrogen) atoms. The van der Waals surface area contributed by atoms with Crippen molar-refractivity contribution in [1.29, 1.82) is 0 Å². The summed E-state index contributed by atoms with van der Waals surface area (Å²) in [5.41, 5.74) is 3.30. The highest BCUT2D eigenvalue weighted by atomic mass is 16.3. The van der Waals surface area contributed by atoms with Crippen LogP contribution in [0, 0.1) is 0 Å². The molecular weight excluding hydrogens is 376 g/mol. The first-order chi connectivity index (χ1) is 14.7. The summed E-state index contributed by atoms with van der Waals surface area (Å²) in [7, 11) is 0. The number of para-hydroxylation sites is 2. The molecule has 6 heteroatoms. The smallest absolute Gasteiger partial charge is 0.267 e. The lowest BCUT2D eigenvalue weighted by Crippen LogP contribution is -2.24. The van der Waals surface area contributed by atoms with E-state index >= 15 is 0 Å². The van der Waals surface area contributed by atoms with E-state index in [0.717, 1.165) is 28.0 Å². The first-order valence-corrected chi connectivity index (χ1v) is 9.58. The van der Waals surface area contributed by atoms with E-state index in [9.17, 15) is 9.90 Å². The zero-order chi connectivity index (χ0) is 20.5. The monoisotopic (exact) mass is 394 g/mol. The summed E-state index contributed by atoms with van der Waals surface area (Å²) in [5, 5.41) is 14.3. The van der Waals surface area contributed by atoms with E-state index in [2.05, 4.69) is 5.10 Å². The van der Waals surface area contributed by atoms with E-state index in [1.165, 1.54) is 10.7 Å². The fourth-order valence-electron chi connectivity index (χ4n) is 3.54. The third-order valence-corrected chi connectivity index (χ3v) is 4.92. The highest BCUT2D eigenvalue weighted by molar-refractivity contribution is 5.82. The van der Waals surface area contributed by atoms with Crippen LogP contribution < -0.4 is 5.56 Å². The van der Waals surface area contributed by atoms with E-state index < -0.39 is 0 Å². The maximum absolute atomic E-state index is 12.5. The average molecular weight is 394 g/mol. The van der Waals surface area contributed by atoms with Gasteiger partial charge in [-0.25, -0.2) is 9.67 Å². The third-order valence-electron chi connectivity index (χ3n) is 4.92. The maximum atomic E-state index is 12.5. The molecule has 2 heterocycles. The molecule has 6 nitrogen and oxygen atoms in total. The number of aromatic nitrogens is 4. The molecule has 0 aliphatic heterocycles. The largest absolute Gasteiger partial charge is 0.508 e. The Balaban J connectivity index is 1.68. The second-order valence-corrected chi connectivity index (χ2v) is 6.98. The molecule has 0 fully saturated rings. The number of fused-ring (bicyclic) bond motifs is 1. The van der Waals surface area contributed by atoms with E-state index in [0.29, 0.717) is 5.82 Å². The second-order valence-electron chi connectivity index (χ2n) is 6.98. The minimum Gasteiger partial charge on any atom is -0.508 e. The summed E-state index contributed by atoms with van der Waals surface area (Å²) in [6.45, 7) is 0.258. The molecule has 0 radical (unpaired) electrons. The van der Waals surface area contributed by atoms with Crippen LogP contribution >= 0.6 is 0 Å². The average Bonchev–Trinajstić information content (AvgIpc) is 3.16. The Hall–Kier alpha value is -4.19. The Morgan fingerprint density at radius 3 is 2.47 bits per heavy atom. The Labute approximate surface area is 172 Å². The van der Waals surface area contributed by atoms with Gasteiger partial charge in [0.2, 0.25) is 0 Å². The van der Waals surface area contributed by atoms with Gasteiger partial charge in [-0.3, -0.25) is 9.36 Å². The molecule has 0 saturated heterocycles. The van der Waals surface area contributed by atoms with Crippen molar-refractivity contribution in [3.05, 3.63) is 107 Å². The molecule has 146 valence electrons. The fraction of sp³-hybridized carbons (Fsp3) is 0.0417. The van der Waals surface area contributed by atoms with Crippen LogP contribution in [0.3, 0.4) is 0 Å². The lowest BCUT2D eigenvalue weighted by atomic mass is 10.2. The summed E-state index contributed by atoms with van der Waals surface area (Å²) in [5.74, 6) is 1.51. The molecule has 0 spiro atoms. The van der Waals surface area contributed by atoms with Gasteiger partial charge in [0.25, 0.3) is 5.56 Å². The molecule has 0 aliphatic carbocycles. The molecule has 0 unspecified atom stereocenters. The normalized spacial score (nSPS) is 11.1. The molecule has 0 saturated carbocycles. The van der Waals surface area contributed by atoms with Crippen LogP contribution in [0.15, 0.2) is 95.8 Å². The number of benzene rings is 3. The number of imidazole rings is 1. The zero-order valence-electron chi connectivity index (χ0n) is 16.0. The fourth-order valence-corrected chi connectivity index (χ4v) is 3.54. The van der Waals surface area contributed by atoms with Crippen molar-refractivity contribution < 1.29 is 5.11 Å². The predicted molar refractivity (Wildman–Crippen MR) is 116 cm³/mol. The second kappa shape index (κ2) is 7.33. The molecule has 5 rings (SSSR count). The molecule has 0 atom stereocenters. The van der Waals surface area contributed by atoms with E-state index in [1.807, 2.05) is 65.2 Å². The number of rotatable bonds is 4. The van der Waals surface area contributed by atoms with Crippen molar-refractivity contribution >= 4 is 11.0 Å². The SMILES string of the molecule is O=c1ccc(-n2c(-c3ccccc3)nc3ccccc32)nn1Cc1cccc(O)c1. The van der Waals surface area contributed by atoms with Crippen LogP contribution in [0.4, 0.5) is 0 Å². The van der Waals surface area contributed by atoms with Gasteiger partial charge in [0.15, 0.2) is 5.82 Å². The van der Waals surface area contributed by atoms with Gasteiger partial charge >= 0.3 is 0 Å². The van der Waals surface area contributed by atoms with Crippen LogP contribution in [0.2, 0.25) is 0 Å². The van der Waals surface area contributed by atoms with Gasteiger partial charge in [0.05, 0.1) is 17.6 Å². The Morgan fingerprint density at radius 1 is 0.833 bits per heavy atom. The van der Waals surface area contributed by atoms with Gasteiger partial charge in [0, 0.05) is 11.6 Å². The summed E-state index contributed by atoms with van der Waals surface area (Å²) < 4.78 is 3.36. The van der Waals surface area contributed by atoms with Crippen LogP contribution in [0.5, 0.6) is 5.75 Å². The molecule has 1 N–H and O–H groups in total. The maximum Gasteiger partial charge on any atom is 0.267 e. The van der Waals surface area contributed by atoms with Gasteiger partial charge in [-0.05, 0) is 35.9 Å². The topological polar surface area (TPSA) is 72.9 Å². The summed E-state index contributed by atoms with van der Waals surface area (Å²) in [4.78, 5) is 17.3. The summed E-state index contributed by atoms with van der Waals surface area (Å²) in [6, 6.07) is 27.8. The van der Waals surface area contributed by atoms with Crippen LogP contribution in [-0.2, 0) is 6.54 Å².